The standard InChI is InChI=1S/C21H24F5N5O3S/c1-18(9-20(22,23)10-18)11-30-15(14(21(24,25)26)16(29-30)19(2)5-6-19)17(32)28-12-4-7-31(33)13(8-12)35(3,27)34/h4,7-8,27,33H,5-6,9-11H2,1-3H3/p+1. The van der Waals surface area contributed by atoms with Gasteiger partial charge in [-0.25, -0.2) is 17.8 Å². The second-order valence-electron chi connectivity index (χ2n) is 10.2. The zero-order valence-corrected chi connectivity index (χ0v) is 20.0. The molecule has 4 rings (SSSR count). The lowest BCUT2D eigenvalue weighted by molar-refractivity contribution is -0.932. The van der Waals surface area contributed by atoms with Crippen molar-refractivity contribution in [2.75, 3.05) is 11.6 Å². The molecule has 1 atom stereocenters. The number of aromatic nitrogens is 3. The van der Waals surface area contributed by atoms with Crippen molar-refractivity contribution < 1.29 is 40.9 Å². The number of halogens is 5. The molecule has 2 aliphatic rings. The molecule has 1 amide bonds. The topological polar surface area (TPSA) is 112 Å². The normalized spacial score (nSPS) is 21.6. The summed E-state index contributed by atoms with van der Waals surface area (Å²) in [5.74, 6) is -4.11. The van der Waals surface area contributed by atoms with E-state index in [1.54, 1.807) is 6.92 Å². The van der Waals surface area contributed by atoms with Crippen molar-refractivity contribution in [3.8, 4) is 0 Å². The van der Waals surface area contributed by atoms with E-state index in [-0.39, 0.29) is 23.0 Å². The fraction of sp³-hybridized carbons (Fsp3) is 0.571. The first-order chi connectivity index (χ1) is 15.8. The van der Waals surface area contributed by atoms with Crippen LogP contribution in [0.1, 0.15) is 61.3 Å². The van der Waals surface area contributed by atoms with Gasteiger partial charge in [-0.05, 0) is 18.3 Å². The molecule has 1 unspecified atom stereocenters. The van der Waals surface area contributed by atoms with Crippen LogP contribution in [0.3, 0.4) is 0 Å². The van der Waals surface area contributed by atoms with E-state index < -0.39 is 62.7 Å². The molecule has 0 aliphatic heterocycles. The van der Waals surface area contributed by atoms with Gasteiger partial charge in [-0.2, -0.15) is 18.3 Å². The lowest BCUT2D eigenvalue weighted by atomic mass is 9.67. The van der Waals surface area contributed by atoms with Crippen LogP contribution < -0.4 is 10.0 Å². The predicted octanol–water partition coefficient (Wildman–Crippen LogP) is 4.20. The van der Waals surface area contributed by atoms with Gasteiger partial charge in [0.25, 0.3) is 5.91 Å². The van der Waals surface area contributed by atoms with Gasteiger partial charge in [-0.15, -0.1) is 0 Å². The Hall–Kier alpha value is -2.77. The van der Waals surface area contributed by atoms with Crippen LogP contribution in [-0.4, -0.2) is 37.3 Å². The van der Waals surface area contributed by atoms with Crippen LogP contribution in [0.15, 0.2) is 23.4 Å². The highest BCUT2D eigenvalue weighted by atomic mass is 32.2. The number of carbonyl (C=O) groups excluding carboxylic acids is 1. The quantitative estimate of drug-likeness (QED) is 0.300. The molecule has 2 aromatic rings. The summed E-state index contributed by atoms with van der Waals surface area (Å²) in [4.78, 5) is 13.2. The molecular formula is C21H25F5N5O3S+. The van der Waals surface area contributed by atoms with Gasteiger partial charge in [0.15, 0.2) is 0 Å². The molecule has 0 aromatic carbocycles. The molecular weight excluding hydrogens is 497 g/mol. The van der Waals surface area contributed by atoms with Crippen molar-refractivity contribution in [1.82, 2.24) is 9.78 Å². The van der Waals surface area contributed by atoms with E-state index in [4.69, 9.17) is 4.78 Å². The number of alkyl halides is 5. The van der Waals surface area contributed by atoms with Crippen LogP contribution in [0.4, 0.5) is 27.6 Å². The second-order valence-corrected chi connectivity index (χ2v) is 12.3. The zero-order chi connectivity index (χ0) is 26.2. The third-order valence-electron chi connectivity index (χ3n) is 6.48. The Bertz CT molecular complexity index is 1310. The molecule has 0 spiro atoms. The minimum atomic E-state index is -4.94. The Labute approximate surface area is 198 Å². The molecule has 2 saturated carbocycles. The van der Waals surface area contributed by atoms with Gasteiger partial charge in [-0.1, -0.05) is 13.8 Å². The lowest BCUT2D eigenvalue weighted by Crippen LogP contribution is -2.47. The van der Waals surface area contributed by atoms with E-state index in [1.807, 2.05) is 0 Å². The van der Waals surface area contributed by atoms with Crippen LogP contribution in [0.5, 0.6) is 0 Å². The maximum atomic E-state index is 14.3. The lowest BCUT2D eigenvalue weighted by Gasteiger charge is -2.44. The van der Waals surface area contributed by atoms with Crippen LogP contribution >= 0.6 is 0 Å². The largest absolute Gasteiger partial charge is 0.420 e. The summed E-state index contributed by atoms with van der Waals surface area (Å²) in [7, 11) is -3.44. The van der Waals surface area contributed by atoms with Gasteiger partial charge in [0.2, 0.25) is 12.1 Å². The van der Waals surface area contributed by atoms with Crippen LogP contribution in [-0.2, 0) is 27.9 Å². The third-order valence-corrected chi connectivity index (χ3v) is 7.59. The molecule has 35 heavy (non-hydrogen) atoms. The number of hydrogen-bond acceptors (Lipinski definition) is 5. The van der Waals surface area contributed by atoms with Crippen molar-refractivity contribution in [2.24, 2.45) is 5.41 Å². The van der Waals surface area contributed by atoms with Crippen molar-refractivity contribution in [2.45, 2.75) is 68.6 Å². The first-order valence-electron chi connectivity index (χ1n) is 10.7. The maximum Gasteiger partial charge on any atom is 0.420 e. The fourth-order valence-corrected chi connectivity index (χ4v) is 5.39. The Morgan fingerprint density at radius 3 is 2.40 bits per heavy atom. The number of nitrogens with zero attached hydrogens (tertiary/aromatic N) is 3. The van der Waals surface area contributed by atoms with Crippen molar-refractivity contribution in [3.63, 3.8) is 0 Å². The number of rotatable bonds is 6. The van der Waals surface area contributed by atoms with Crippen molar-refractivity contribution in [3.05, 3.63) is 35.3 Å². The highest BCUT2D eigenvalue weighted by molar-refractivity contribution is 7.91. The summed E-state index contributed by atoms with van der Waals surface area (Å²) in [6.07, 6.45) is -3.13. The first-order valence-corrected chi connectivity index (χ1v) is 12.7. The van der Waals surface area contributed by atoms with Crippen molar-refractivity contribution >= 4 is 21.3 Å². The molecule has 2 aromatic heterocycles. The minimum Gasteiger partial charge on any atom is -0.320 e. The summed E-state index contributed by atoms with van der Waals surface area (Å²) in [5.41, 5.74) is -4.35. The number of pyridine rings is 1. The highest BCUT2D eigenvalue weighted by Gasteiger charge is 2.56. The molecule has 2 aliphatic carbocycles. The van der Waals surface area contributed by atoms with Crippen LogP contribution in [0, 0.1) is 10.2 Å². The molecule has 3 N–H and O–H groups in total. The number of amides is 1. The third kappa shape index (κ3) is 4.84. The SMILES string of the molecule is CC1(Cn2nc(C3(C)CC3)c(C(F)(F)F)c2C(=O)Nc2cc[n+](O)c(S(C)(=N)=O)c2)CC(F)(F)C1. The number of nitrogens with one attached hydrogen (secondary N) is 2. The fourth-order valence-electron chi connectivity index (χ4n) is 4.62. The monoisotopic (exact) mass is 522 g/mol. The Morgan fingerprint density at radius 2 is 1.91 bits per heavy atom. The Kier molecular flexibility index (Phi) is 5.51. The number of carbonyl (C=O) groups is 1. The summed E-state index contributed by atoms with van der Waals surface area (Å²) >= 11 is 0. The first kappa shape index (κ1) is 25.3. The smallest absolute Gasteiger partial charge is 0.320 e. The summed E-state index contributed by atoms with van der Waals surface area (Å²) in [6, 6.07) is 2.16. The molecule has 2 heterocycles. The molecule has 192 valence electrons. The van der Waals surface area contributed by atoms with Gasteiger partial charge in [0.05, 0.1) is 11.4 Å². The number of hydrogen-bond donors (Lipinski definition) is 3. The van der Waals surface area contributed by atoms with Crippen LogP contribution in [0.2, 0.25) is 0 Å². The van der Waals surface area contributed by atoms with Gasteiger partial charge in [-0.3, -0.25) is 14.7 Å². The molecule has 0 saturated heterocycles. The molecule has 14 heteroatoms. The summed E-state index contributed by atoms with van der Waals surface area (Å²) < 4.78 is 90.9. The summed E-state index contributed by atoms with van der Waals surface area (Å²) in [6.45, 7) is 2.80. The summed E-state index contributed by atoms with van der Waals surface area (Å²) in [5, 5.41) is 15.8. The van der Waals surface area contributed by atoms with Gasteiger partial charge in [0.1, 0.15) is 21.0 Å². The van der Waals surface area contributed by atoms with E-state index in [2.05, 4.69) is 10.4 Å². The van der Waals surface area contributed by atoms with Gasteiger partial charge >= 0.3 is 11.2 Å². The Morgan fingerprint density at radius 1 is 1.31 bits per heavy atom. The van der Waals surface area contributed by atoms with Gasteiger partial charge < -0.3 is 5.32 Å². The zero-order valence-electron chi connectivity index (χ0n) is 19.2. The van der Waals surface area contributed by atoms with Crippen LogP contribution in [0.25, 0.3) is 0 Å². The molecule has 8 nitrogen and oxygen atoms in total. The average molecular weight is 523 g/mol. The van der Waals surface area contributed by atoms with Gasteiger partial charge in [0, 0.05) is 47.9 Å². The van der Waals surface area contributed by atoms with E-state index in [0.29, 0.717) is 17.6 Å². The van der Waals surface area contributed by atoms with E-state index in [0.717, 1.165) is 29.3 Å². The van der Waals surface area contributed by atoms with E-state index in [1.165, 1.54) is 6.92 Å². The average Bonchev–Trinajstić information content (AvgIpc) is 3.27. The molecule has 0 bridgehead atoms. The van der Waals surface area contributed by atoms with Crippen molar-refractivity contribution in [1.29, 1.82) is 4.78 Å². The Balaban J connectivity index is 1.79. The maximum absolute atomic E-state index is 14.3. The minimum absolute atomic E-state index is 0.112. The molecule has 2 fully saturated rings. The predicted molar refractivity (Wildman–Crippen MR) is 113 cm³/mol. The number of anilines is 1. The van der Waals surface area contributed by atoms with E-state index in [9.17, 15) is 36.2 Å². The highest BCUT2D eigenvalue weighted by Crippen LogP contribution is 2.54. The van der Waals surface area contributed by atoms with E-state index >= 15 is 0 Å². The second kappa shape index (κ2) is 7.61. The molecule has 0 radical (unpaired) electrons.